The molecule has 0 bridgehead atoms. The molecule has 0 saturated heterocycles. The smallest absolute Gasteiger partial charge is 0.348 e. The van der Waals surface area contributed by atoms with Gasteiger partial charge in [0.15, 0.2) is 0 Å². The quantitative estimate of drug-likeness (QED) is 0.752. The first-order valence-corrected chi connectivity index (χ1v) is 8.39. The number of hydrogen-bond acceptors (Lipinski definition) is 2. The van der Waals surface area contributed by atoms with E-state index in [1.165, 1.54) is 5.56 Å². The van der Waals surface area contributed by atoms with Gasteiger partial charge in [0.05, 0.1) is 0 Å². The number of carbonyl (C=O) groups is 1. The molecule has 3 nitrogen and oxygen atoms in total. The highest BCUT2D eigenvalue weighted by Crippen LogP contribution is 2.34. The number of hydrogen-bond donors (Lipinski definition) is 1. The molecule has 0 aliphatic heterocycles. The molecule has 0 aliphatic carbocycles. The normalized spacial score (nSPS) is 14.9. The van der Waals surface area contributed by atoms with Crippen molar-refractivity contribution in [2.45, 2.75) is 45.1 Å². The molecular weight excluding hydrogens is 324 g/mol. The minimum atomic E-state index is -1.38. The first-order chi connectivity index (χ1) is 11.2. The highest BCUT2D eigenvalue weighted by Gasteiger charge is 2.42. The summed E-state index contributed by atoms with van der Waals surface area (Å²) in [6, 6.07) is 14.8. The molecule has 0 amide bonds. The third-order valence-corrected chi connectivity index (χ3v) is 4.75. The number of halogens is 1. The molecule has 2 aromatic carbocycles. The van der Waals surface area contributed by atoms with E-state index < -0.39 is 11.6 Å². The van der Waals surface area contributed by atoms with Crippen LogP contribution in [0.1, 0.15) is 50.7 Å². The molecule has 0 unspecified atom stereocenters. The van der Waals surface area contributed by atoms with Crippen LogP contribution in [-0.4, -0.2) is 16.7 Å². The number of aliphatic carboxylic acids is 1. The number of carboxylic acids is 1. The van der Waals surface area contributed by atoms with Crippen LogP contribution < -0.4 is 4.74 Å². The van der Waals surface area contributed by atoms with Gasteiger partial charge in [0.1, 0.15) is 5.75 Å². The molecule has 0 heterocycles. The van der Waals surface area contributed by atoms with Crippen LogP contribution in [0, 0.1) is 0 Å². The van der Waals surface area contributed by atoms with Gasteiger partial charge in [-0.2, -0.15) is 0 Å². The molecule has 0 aromatic heterocycles. The third kappa shape index (κ3) is 3.90. The van der Waals surface area contributed by atoms with E-state index in [4.69, 9.17) is 16.3 Å². The Morgan fingerprint density at radius 2 is 1.50 bits per heavy atom. The van der Waals surface area contributed by atoms with Crippen LogP contribution in [0.4, 0.5) is 0 Å². The number of ether oxygens (including phenoxy) is 1. The average Bonchev–Trinajstić information content (AvgIpc) is 2.55. The molecule has 1 N–H and O–H groups in total. The summed E-state index contributed by atoms with van der Waals surface area (Å²) in [5.74, 6) is -0.391. The summed E-state index contributed by atoms with van der Waals surface area (Å²) < 4.78 is 5.91. The van der Waals surface area contributed by atoms with Crippen molar-refractivity contribution >= 4 is 17.6 Å². The lowest BCUT2D eigenvalue weighted by Crippen LogP contribution is -2.46. The molecule has 0 spiro atoms. The van der Waals surface area contributed by atoms with Crippen molar-refractivity contribution in [2.24, 2.45) is 0 Å². The van der Waals surface area contributed by atoms with Gasteiger partial charge in [0.2, 0.25) is 5.60 Å². The van der Waals surface area contributed by atoms with Crippen LogP contribution in [0.25, 0.3) is 0 Å². The van der Waals surface area contributed by atoms with Crippen LogP contribution >= 0.6 is 11.6 Å². The zero-order valence-electron chi connectivity index (χ0n) is 14.4. The zero-order chi connectivity index (χ0) is 17.9. The van der Waals surface area contributed by atoms with Crippen LogP contribution in [0.2, 0.25) is 5.02 Å². The Balaban J connectivity index is 2.29. The predicted octanol–water partition coefficient (Wildman–Crippen LogP) is 5.49. The van der Waals surface area contributed by atoms with Crippen molar-refractivity contribution in [1.82, 2.24) is 0 Å². The van der Waals surface area contributed by atoms with Gasteiger partial charge in [-0.1, -0.05) is 56.6 Å². The van der Waals surface area contributed by atoms with E-state index in [2.05, 4.69) is 13.8 Å². The standard InChI is InChI=1S/C20H23ClO3/c1-13(2)15-7-11-18(12-8-15)24-20(4,19(22)23)14(3)16-5-9-17(21)10-6-16/h5-14H,1-4H3,(H,22,23)/t14-,20+/m0/s1. The van der Waals surface area contributed by atoms with Crippen LogP contribution in [0.5, 0.6) is 5.75 Å². The van der Waals surface area contributed by atoms with Gasteiger partial charge in [-0.3, -0.25) is 0 Å². The van der Waals surface area contributed by atoms with E-state index in [-0.39, 0.29) is 5.92 Å². The second-order valence-electron chi connectivity index (χ2n) is 6.51. The Labute approximate surface area is 148 Å². The molecule has 2 rings (SSSR count). The Morgan fingerprint density at radius 3 is 1.96 bits per heavy atom. The highest BCUT2D eigenvalue weighted by molar-refractivity contribution is 6.30. The summed E-state index contributed by atoms with van der Waals surface area (Å²) >= 11 is 5.92. The van der Waals surface area contributed by atoms with E-state index in [0.717, 1.165) is 5.56 Å². The topological polar surface area (TPSA) is 46.5 Å². The van der Waals surface area contributed by atoms with Gasteiger partial charge in [-0.25, -0.2) is 4.79 Å². The van der Waals surface area contributed by atoms with Crippen LogP contribution in [0.15, 0.2) is 48.5 Å². The highest BCUT2D eigenvalue weighted by atomic mass is 35.5. The minimum Gasteiger partial charge on any atom is -0.478 e. The van der Waals surface area contributed by atoms with E-state index in [0.29, 0.717) is 16.7 Å². The average molecular weight is 347 g/mol. The molecule has 2 aromatic rings. The molecule has 0 aliphatic rings. The Bertz CT molecular complexity index is 692. The van der Waals surface area contributed by atoms with E-state index >= 15 is 0 Å². The SMILES string of the molecule is CC(C)c1ccc(O[C@@](C)(C(=O)O)[C@@H](C)c2ccc(Cl)cc2)cc1. The van der Waals surface area contributed by atoms with E-state index in [9.17, 15) is 9.90 Å². The molecule has 4 heteroatoms. The fraction of sp³-hybridized carbons (Fsp3) is 0.350. The van der Waals surface area contributed by atoms with E-state index in [1.54, 1.807) is 19.1 Å². The summed E-state index contributed by atoms with van der Waals surface area (Å²) in [6.45, 7) is 7.67. The molecule has 0 fully saturated rings. The fourth-order valence-corrected chi connectivity index (χ4v) is 2.68. The van der Waals surface area contributed by atoms with Gasteiger partial charge in [-0.15, -0.1) is 0 Å². The number of rotatable bonds is 6. The molecule has 0 saturated carbocycles. The molecule has 2 atom stereocenters. The van der Waals surface area contributed by atoms with Crippen molar-refractivity contribution in [3.63, 3.8) is 0 Å². The minimum absolute atomic E-state index is 0.350. The van der Waals surface area contributed by atoms with Crippen molar-refractivity contribution in [3.05, 3.63) is 64.7 Å². The van der Waals surface area contributed by atoms with Crippen molar-refractivity contribution in [2.75, 3.05) is 0 Å². The number of benzene rings is 2. The maximum atomic E-state index is 11.9. The maximum Gasteiger partial charge on any atom is 0.348 e. The summed E-state index contributed by atoms with van der Waals surface area (Å²) in [6.07, 6.45) is 0. The largest absolute Gasteiger partial charge is 0.478 e. The molecular formula is C20H23ClO3. The maximum absolute atomic E-state index is 11.9. The summed E-state index contributed by atoms with van der Waals surface area (Å²) in [5.41, 5.74) is 0.668. The van der Waals surface area contributed by atoms with Crippen LogP contribution in [0.3, 0.4) is 0 Å². The monoisotopic (exact) mass is 346 g/mol. The second-order valence-corrected chi connectivity index (χ2v) is 6.95. The Morgan fingerprint density at radius 1 is 1.00 bits per heavy atom. The van der Waals surface area contributed by atoms with Crippen molar-refractivity contribution < 1.29 is 14.6 Å². The van der Waals surface area contributed by atoms with Crippen molar-refractivity contribution in [1.29, 1.82) is 0 Å². The first-order valence-electron chi connectivity index (χ1n) is 8.02. The number of carboxylic acid groups (broad SMARTS) is 1. The molecule has 0 radical (unpaired) electrons. The summed E-state index contributed by atoms with van der Waals surface area (Å²) in [4.78, 5) is 11.9. The van der Waals surface area contributed by atoms with E-state index in [1.807, 2.05) is 43.3 Å². The van der Waals surface area contributed by atoms with Gasteiger partial charge < -0.3 is 9.84 Å². The predicted molar refractivity (Wildman–Crippen MR) is 97.1 cm³/mol. The second kappa shape index (κ2) is 7.27. The van der Waals surface area contributed by atoms with Crippen molar-refractivity contribution in [3.8, 4) is 5.75 Å². The molecule has 128 valence electrons. The zero-order valence-corrected chi connectivity index (χ0v) is 15.2. The Hall–Kier alpha value is -2.00. The van der Waals surface area contributed by atoms with Gasteiger partial charge >= 0.3 is 5.97 Å². The Kier molecular flexibility index (Phi) is 5.55. The molecule has 24 heavy (non-hydrogen) atoms. The lowest BCUT2D eigenvalue weighted by atomic mass is 9.84. The lowest BCUT2D eigenvalue weighted by molar-refractivity contribution is -0.155. The van der Waals surface area contributed by atoms with Gasteiger partial charge in [-0.05, 0) is 48.2 Å². The summed E-state index contributed by atoms with van der Waals surface area (Å²) in [7, 11) is 0. The van der Waals surface area contributed by atoms with Gasteiger partial charge in [0, 0.05) is 10.9 Å². The van der Waals surface area contributed by atoms with Gasteiger partial charge in [0.25, 0.3) is 0 Å². The third-order valence-electron chi connectivity index (χ3n) is 4.50. The fourth-order valence-electron chi connectivity index (χ4n) is 2.55. The summed E-state index contributed by atoms with van der Waals surface area (Å²) in [5, 5.41) is 10.4. The lowest BCUT2D eigenvalue weighted by Gasteiger charge is -2.32. The van der Waals surface area contributed by atoms with Crippen LogP contribution in [-0.2, 0) is 4.79 Å². The first kappa shape index (κ1) is 18.3.